The molecule has 1 aromatic carbocycles. The molecule has 0 aromatic heterocycles. The van der Waals surface area contributed by atoms with Crippen LogP contribution in [-0.4, -0.2) is 16.8 Å². The van der Waals surface area contributed by atoms with E-state index in [9.17, 15) is 18.0 Å². The summed E-state index contributed by atoms with van der Waals surface area (Å²) in [6.45, 7) is 0. The lowest BCUT2D eigenvalue weighted by Gasteiger charge is -2.16. The summed E-state index contributed by atoms with van der Waals surface area (Å²) >= 11 is 6.40. The third kappa shape index (κ3) is 3.31. The molecule has 1 aliphatic rings. The van der Waals surface area contributed by atoms with Gasteiger partial charge in [-0.1, -0.05) is 15.9 Å². The fraction of sp³-hybridized carbons (Fsp3) is 0.417. The molecular formula is C12H10Br2F3NO. The molecule has 0 spiro atoms. The van der Waals surface area contributed by atoms with Crippen molar-refractivity contribution < 1.29 is 18.0 Å². The Bertz CT molecular complexity index is 512. The van der Waals surface area contributed by atoms with Crippen molar-refractivity contribution >= 4 is 37.8 Å². The summed E-state index contributed by atoms with van der Waals surface area (Å²) in [5.74, 6) is -0.491. The van der Waals surface area contributed by atoms with Crippen molar-refractivity contribution in [2.75, 3.05) is 5.33 Å². The molecule has 1 amide bonds. The molecule has 0 aliphatic heterocycles. The minimum Gasteiger partial charge on any atom is -0.346 e. The fourth-order valence-corrected chi connectivity index (χ4v) is 2.75. The molecule has 0 atom stereocenters. The Hall–Kier alpha value is -0.560. The summed E-state index contributed by atoms with van der Waals surface area (Å²) in [6.07, 6.45) is -2.79. The van der Waals surface area contributed by atoms with Crippen LogP contribution in [0.2, 0.25) is 0 Å². The van der Waals surface area contributed by atoms with E-state index in [2.05, 4.69) is 37.2 Å². The van der Waals surface area contributed by atoms with Crippen LogP contribution in [-0.2, 0) is 6.18 Å². The van der Waals surface area contributed by atoms with E-state index in [1.54, 1.807) is 0 Å². The lowest BCUT2D eigenvalue weighted by Crippen LogP contribution is -2.38. The molecule has 19 heavy (non-hydrogen) atoms. The smallest absolute Gasteiger partial charge is 0.346 e. The minimum atomic E-state index is -4.46. The second kappa shape index (κ2) is 5.09. The Morgan fingerprint density at radius 2 is 2.00 bits per heavy atom. The normalized spacial score (nSPS) is 17.1. The van der Waals surface area contributed by atoms with Gasteiger partial charge < -0.3 is 5.32 Å². The van der Waals surface area contributed by atoms with Gasteiger partial charge in [0.2, 0.25) is 0 Å². The van der Waals surface area contributed by atoms with Crippen molar-refractivity contribution in [1.82, 2.24) is 5.32 Å². The number of benzene rings is 1. The van der Waals surface area contributed by atoms with Crippen LogP contribution >= 0.6 is 31.9 Å². The molecule has 0 bridgehead atoms. The highest BCUT2D eigenvalue weighted by molar-refractivity contribution is 9.10. The molecule has 0 unspecified atom stereocenters. The van der Waals surface area contributed by atoms with Gasteiger partial charge in [-0.15, -0.1) is 0 Å². The van der Waals surface area contributed by atoms with E-state index >= 15 is 0 Å². The van der Waals surface area contributed by atoms with Gasteiger partial charge in [0.25, 0.3) is 5.91 Å². The summed E-state index contributed by atoms with van der Waals surface area (Å²) in [6, 6.07) is 3.05. The zero-order valence-electron chi connectivity index (χ0n) is 9.65. The zero-order valence-corrected chi connectivity index (χ0v) is 12.8. The van der Waals surface area contributed by atoms with E-state index in [0.717, 1.165) is 25.0 Å². The minimum absolute atomic E-state index is 0.00190. The summed E-state index contributed by atoms with van der Waals surface area (Å²) < 4.78 is 38.2. The molecular weight excluding hydrogens is 391 g/mol. The first-order chi connectivity index (χ1) is 8.77. The molecule has 2 nitrogen and oxygen atoms in total. The Labute approximate surface area is 125 Å². The van der Waals surface area contributed by atoms with Crippen LogP contribution in [0, 0.1) is 0 Å². The maximum Gasteiger partial charge on any atom is 0.416 e. The van der Waals surface area contributed by atoms with Gasteiger partial charge in [0, 0.05) is 9.80 Å². The van der Waals surface area contributed by atoms with E-state index in [4.69, 9.17) is 0 Å². The largest absolute Gasteiger partial charge is 0.416 e. The van der Waals surface area contributed by atoms with Gasteiger partial charge in [0.1, 0.15) is 0 Å². The molecule has 7 heteroatoms. The van der Waals surface area contributed by atoms with Crippen LogP contribution in [0.25, 0.3) is 0 Å². The van der Waals surface area contributed by atoms with Crippen molar-refractivity contribution in [3.8, 4) is 0 Å². The van der Waals surface area contributed by atoms with E-state index in [1.807, 2.05) is 0 Å². The molecule has 1 aromatic rings. The van der Waals surface area contributed by atoms with Gasteiger partial charge in [0.05, 0.1) is 16.7 Å². The molecule has 0 heterocycles. The van der Waals surface area contributed by atoms with Gasteiger partial charge in [-0.2, -0.15) is 13.2 Å². The number of rotatable bonds is 3. The van der Waals surface area contributed by atoms with Crippen molar-refractivity contribution in [1.29, 1.82) is 0 Å². The van der Waals surface area contributed by atoms with Crippen molar-refractivity contribution in [2.24, 2.45) is 0 Å². The average molecular weight is 401 g/mol. The summed E-state index contributed by atoms with van der Waals surface area (Å²) in [4.78, 5) is 12.0. The van der Waals surface area contributed by atoms with Crippen LogP contribution in [0.5, 0.6) is 0 Å². The average Bonchev–Trinajstić information content (AvgIpc) is 3.08. The maximum absolute atomic E-state index is 12.6. The van der Waals surface area contributed by atoms with Crippen molar-refractivity contribution in [3.63, 3.8) is 0 Å². The third-order valence-corrected chi connectivity index (χ3v) is 4.79. The molecule has 1 fully saturated rings. The zero-order chi connectivity index (χ0) is 14.3. The van der Waals surface area contributed by atoms with E-state index in [1.165, 1.54) is 6.07 Å². The number of hydrogen-bond acceptors (Lipinski definition) is 1. The number of carbonyl (C=O) groups is 1. The Morgan fingerprint density at radius 3 is 2.47 bits per heavy atom. The molecule has 1 saturated carbocycles. The SMILES string of the molecule is O=C(NC1(CBr)CC1)c1cc(C(F)(F)F)ccc1Br. The van der Waals surface area contributed by atoms with Gasteiger partial charge in [-0.05, 0) is 47.0 Å². The van der Waals surface area contributed by atoms with Crippen LogP contribution in [0.4, 0.5) is 13.2 Å². The Kier molecular flexibility index (Phi) is 3.97. The fourth-order valence-electron chi connectivity index (χ4n) is 1.63. The molecule has 0 radical (unpaired) electrons. The molecule has 2 rings (SSSR count). The second-order valence-corrected chi connectivity index (χ2v) is 5.98. The van der Waals surface area contributed by atoms with Gasteiger partial charge in [-0.3, -0.25) is 4.79 Å². The van der Waals surface area contributed by atoms with Crippen LogP contribution < -0.4 is 5.32 Å². The quantitative estimate of drug-likeness (QED) is 0.759. The number of alkyl halides is 4. The summed E-state index contributed by atoms with van der Waals surface area (Å²) in [7, 11) is 0. The van der Waals surface area contributed by atoms with Crippen LogP contribution in [0.1, 0.15) is 28.8 Å². The Balaban J connectivity index is 2.26. The number of nitrogens with one attached hydrogen (secondary N) is 1. The van der Waals surface area contributed by atoms with Gasteiger partial charge in [0.15, 0.2) is 0 Å². The predicted octanol–water partition coefficient (Wildman–Crippen LogP) is 4.13. The predicted molar refractivity (Wildman–Crippen MR) is 72.4 cm³/mol. The lowest BCUT2D eigenvalue weighted by molar-refractivity contribution is -0.137. The van der Waals surface area contributed by atoms with Crippen LogP contribution in [0.15, 0.2) is 22.7 Å². The first-order valence-electron chi connectivity index (χ1n) is 5.53. The summed E-state index contributed by atoms with van der Waals surface area (Å²) in [5, 5.41) is 3.37. The molecule has 1 N–H and O–H groups in total. The van der Waals surface area contributed by atoms with Crippen molar-refractivity contribution in [2.45, 2.75) is 24.6 Å². The highest BCUT2D eigenvalue weighted by Crippen LogP contribution is 2.38. The van der Waals surface area contributed by atoms with E-state index < -0.39 is 17.6 Å². The highest BCUT2D eigenvalue weighted by atomic mass is 79.9. The number of hydrogen-bond donors (Lipinski definition) is 1. The monoisotopic (exact) mass is 399 g/mol. The maximum atomic E-state index is 12.6. The lowest BCUT2D eigenvalue weighted by atomic mass is 10.1. The summed E-state index contributed by atoms with van der Waals surface area (Å²) in [5.41, 5.74) is -1.13. The van der Waals surface area contributed by atoms with Crippen LogP contribution in [0.3, 0.4) is 0 Å². The molecule has 0 saturated heterocycles. The first kappa shape index (κ1) is 14.8. The number of halogens is 5. The van der Waals surface area contributed by atoms with Gasteiger partial charge in [-0.25, -0.2) is 0 Å². The van der Waals surface area contributed by atoms with E-state index in [0.29, 0.717) is 9.80 Å². The number of amides is 1. The highest BCUT2D eigenvalue weighted by Gasteiger charge is 2.43. The number of carbonyl (C=O) groups excluding carboxylic acids is 1. The van der Waals surface area contributed by atoms with Gasteiger partial charge >= 0.3 is 6.18 Å². The molecule has 1 aliphatic carbocycles. The first-order valence-corrected chi connectivity index (χ1v) is 7.44. The standard InChI is InChI=1S/C12H10Br2F3NO/c13-6-11(3-4-11)18-10(19)8-5-7(12(15,16)17)1-2-9(8)14/h1-2,5H,3-4,6H2,(H,18,19). The molecule has 104 valence electrons. The Morgan fingerprint density at radius 1 is 1.37 bits per heavy atom. The third-order valence-electron chi connectivity index (χ3n) is 3.03. The van der Waals surface area contributed by atoms with Crippen molar-refractivity contribution in [3.05, 3.63) is 33.8 Å². The van der Waals surface area contributed by atoms with E-state index in [-0.39, 0.29) is 11.1 Å². The second-order valence-electron chi connectivity index (χ2n) is 4.56. The topological polar surface area (TPSA) is 29.1 Å².